The molecule has 0 aliphatic carbocycles. The van der Waals surface area contributed by atoms with Crippen molar-refractivity contribution in [3.63, 3.8) is 0 Å². The summed E-state index contributed by atoms with van der Waals surface area (Å²) in [6.07, 6.45) is 2.44. The number of nitrogens with one attached hydrogen (secondary N) is 1. The Labute approximate surface area is 256 Å². The van der Waals surface area contributed by atoms with Crippen LogP contribution in [-0.2, 0) is 6.61 Å². The zero-order valence-corrected chi connectivity index (χ0v) is 24.6. The quantitative estimate of drug-likeness (QED) is 0.0972. The van der Waals surface area contributed by atoms with E-state index in [9.17, 15) is 14.9 Å². The zero-order valence-electron chi connectivity index (χ0n) is 23.8. The molecule has 1 N–H and O–H groups in total. The van der Waals surface area contributed by atoms with E-state index in [0.717, 1.165) is 23.3 Å². The molecule has 5 aromatic rings. The molecule has 0 spiro atoms. The molecule has 12 nitrogen and oxygen atoms in total. The second-order valence-corrected chi connectivity index (χ2v) is 9.85. The van der Waals surface area contributed by atoms with Gasteiger partial charge >= 0.3 is 5.91 Å². The van der Waals surface area contributed by atoms with Crippen LogP contribution in [0.4, 0.5) is 5.69 Å². The van der Waals surface area contributed by atoms with Crippen LogP contribution in [0.5, 0.6) is 23.1 Å². The summed E-state index contributed by atoms with van der Waals surface area (Å²) in [5.41, 5.74) is 6.06. The van der Waals surface area contributed by atoms with Crippen LogP contribution in [-0.4, -0.2) is 33.7 Å². The van der Waals surface area contributed by atoms with Crippen LogP contribution in [0, 0.1) is 24.0 Å². The highest BCUT2D eigenvalue weighted by atomic mass is 35.5. The standard InChI is InChI=1S/C31H26ClN5O7/c1-19-4-5-20(2)36(19)22-6-9-24(10-7-22)42-18-25-11-12-27(43-25)31(38)35-34-16-21-14-26(32)30(28(15-21)41-3)44-29-13-8-23(17-33-29)37(39)40/h4-17H,18H2,1-3H3,(H,35,38)/b34-16+. The number of carbonyl (C=O) groups excluding carboxylic acids is 1. The summed E-state index contributed by atoms with van der Waals surface area (Å²) >= 11 is 6.38. The predicted octanol–water partition coefficient (Wildman–Crippen LogP) is 6.79. The summed E-state index contributed by atoms with van der Waals surface area (Å²) in [6, 6.07) is 20.8. The molecule has 0 aliphatic heterocycles. The highest BCUT2D eigenvalue weighted by Crippen LogP contribution is 2.38. The fraction of sp³-hybridized carbons (Fsp3) is 0.129. The molecule has 13 heteroatoms. The lowest BCUT2D eigenvalue weighted by atomic mass is 10.2. The molecular weight excluding hydrogens is 590 g/mol. The predicted molar refractivity (Wildman–Crippen MR) is 162 cm³/mol. The van der Waals surface area contributed by atoms with Crippen molar-refractivity contribution in [2.24, 2.45) is 5.10 Å². The van der Waals surface area contributed by atoms with E-state index >= 15 is 0 Å². The number of ether oxygens (including phenoxy) is 3. The summed E-state index contributed by atoms with van der Waals surface area (Å²) in [6.45, 7) is 4.25. The molecule has 0 aliphatic rings. The van der Waals surface area contributed by atoms with Crippen LogP contribution in [0.1, 0.15) is 33.3 Å². The Balaban J connectivity index is 1.16. The summed E-state index contributed by atoms with van der Waals surface area (Å²) in [5, 5.41) is 15.0. The minimum atomic E-state index is -0.565. The molecule has 0 unspecified atom stereocenters. The van der Waals surface area contributed by atoms with Gasteiger partial charge in [0, 0.05) is 29.2 Å². The van der Waals surface area contributed by atoms with E-state index in [4.69, 9.17) is 30.2 Å². The van der Waals surface area contributed by atoms with E-state index < -0.39 is 10.8 Å². The maximum atomic E-state index is 12.6. The van der Waals surface area contributed by atoms with Gasteiger partial charge in [-0.15, -0.1) is 0 Å². The summed E-state index contributed by atoms with van der Waals surface area (Å²) in [7, 11) is 1.42. The second-order valence-electron chi connectivity index (χ2n) is 9.45. The van der Waals surface area contributed by atoms with Gasteiger partial charge in [-0.05, 0) is 80.1 Å². The van der Waals surface area contributed by atoms with Gasteiger partial charge in [-0.3, -0.25) is 14.9 Å². The first-order chi connectivity index (χ1) is 21.2. The van der Waals surface area contributed by atoms with Crippen molar-refractivity contribution in [2.45, 2.75) is 20.5 Å². The first kappa shape index (κ1) is 29.9. The number of rotatable bonds is 11. The Kier molecular flexibility index (Phi) is 8.91. The number of aryl methyl sites for hydroxylation is 2. The Bertz CT molecular complexity index is 1810. The molecule has 0 saturated heterocycles. The van der Waals surface area contributed by atoms with Crippen LogP contribution in [0.2, 0.25) is 5.02 Å². The number of hydrazone groups is 1. The highest BCUT2D eigenvalue weighted by molar-refractivity contribution is 6.32. The van der Waals surface area contributed by atoms with Gasteiger partial charge < -0.3 is 23.2 Å². The van der Waals surface area contributed by atoms with Crippen LogP contribution < -0.4 is 19.6 Å². The lowest BCUT2D eigenvalue weighted by Gasteiger charge is -2.12. The molecule has 3 aromatic heterocycles. The second kappa shape index (κ2) is 13.1. The monoisotopic (exact) mass is 615 g/mol. The molecule has 5 rings (SSSR count). The van der Waals surface area contributed by atoms with E-state index in [2.05, 4.69) is 46.1 Å². The number of hydrogen-bond acceptors (Lipinski definition) is 9. The van der Waals surface area contributed by atoms with Crippen molar-refractivity contribution in [1.29, 1.82) is 0 Å². The van der Waals surface area contributed by atoms with E-state index in [1.54, 1.807) is 12.1 Å². The van der Waals surface area contributed by atoms with Crippen molar-refractivity contribution < 1.29 is 28.3 Å². The number of nitro groups is 1. The van der Waals surface area contributed by atoms with E-state index in [0.29, 0.717) is 17.1 Å². The third-order valence-electron chi connectivity index (χ3n) is 6.40. The lowest BCUT2D eigenvalue weighted by Crippen LogP contribution is -2.16. The van der Waals surface area contributed by atoms with Gasteiger partial charge in [0.25, 0.3) is 5.69 Å². The van der Waals surface area contributed by atoms with Gasteiger partial charge in [-0.1, -0.05) is 11.6 Å². The number of carbonyl (C=O) groups is 1. The molecule has 44 heavy (non-hydrogen) atoms. The number of benzene rings is 2. The van der Waals surface area contributed by atoms with Crippen LogP contribution in [0.15, 0.2) is 88.5 Å². The number of nitrogens with zero attached hydrogens (tertiary/aromatic N) is 4. The van der Waals surface area contributed by atoms with Crippen molar-refractivity contribution in [1.82, 2.24) is 15.0 Å². The number of amides is 1. The third kappa shape index (κ3) is 6.88. The summed E-state index contributed by atoms with van der Waals surface area (Å²) < 4.78 is 24.6. The number of furan rings is 1. The molecule has 0 radical (unpaired) electrons. The topological polar surface area (TPSA) is 143 Å². The molecular formula is C31H26ClN5O7. The molecule has 0 bridgehead atoms. The molecule has 1 amide bonds. The highest BCUT2D eigenvalue weighted by Gasteiger charge is 2.15. The first-order valence-electron chi connectivity index (χ1n) is 13.2. The number of halogens is 1. The van der Waals surface area contributed by atoms with Crippen molar-refractivity contribution in [3.8, 4) is 28.8 Å². The van der Waals surface area contributed by atoms with Gasteiger partial charge in [-0.25, -0.2) is 10.4 Å². The van der Waals surface area contributed by atoms with Crippen molar-refractivity contribution in [3.05, 3.63) is 123 Å². The van der Waals surface area contributed by atoms with Gasteiger partial charge in [0.15, 0.2) is 17.3 Å². The Morgan fingerprint density at radius 1 is 1.09 bits per heavy atom. The van der Waals surface area contributed by atoms with Crippen molar-refractivity contribution >= 4 is 29.4 Å². The number of pyridine rings is 1. The number of methoxy groups -OCH3 is 1. The number of hydrogen-bond donors (Lipinski definition) is 1. The first-order valence-corrected chi connectivity index (χ1v) is 13.6. The molecule has 0 atom stereocenters. The SMILES string of the molecule is COc1cc(/C=N/NC(=O)c2ccc(COc3ccc(-n4c(C)ccc4C)cc3)o2)cc(Cl)c1Oc1ccc([N+](=O)[O-])cn1. The van der Waals surface area contributed by atoms with E-state index in [1.807, 2.05) is 24.3 Å². The van der Waals surface area contributed by atoms with Gasteiger partial charge in [-0.2, -0.15) is 5.10 Å². The van der Waals surface area contributed by atoms with Crippen LogP contribution in [0.3, 0.4) is 0 Å². The normalized spacial score (nSPS) is 11.0. The average Bonchev–Trinajstić information content (AvgIpc) is 3.63. The Hall–Kier alpha value is -5.62. The van der Waals surface area contributed by atoms with Crippen LogP contribution in [0.25, 0.3) is 5.69 Å². The fourth-order valence-electron chi connectivity index (χ4n) is 4.28. The zero-order chi connectivity index (χ0) is 31.2. The van der Waals surface area contributed by atoms with Crippen LogP contribution >= 0.6 is 11.6 Å². The lowest BCUT2D eigenvalue weighted by molar-refractivity contribution is -0.385. The van der Waals surface area contributed by atoms with E-state index in [-0.39, 0.29) is 40.5 Å². The Morgan fingerprint density at radius 3 is 2.50 bits per heavy atom. The minimum Gasteiger partial charge on any atom is -0.493 e. The minimum absolute atomic E-state index is 0.0598. The molecule has 2 aromatic carbocycles. The van der Waals surface area contributed by atoms with Crippen molar-refractivity contribution in [2.75, 3.05) is 7.11 Å². The molecule has 0 fully saturated rings. The fourth-order valence-corrected chi connectivity index (χ4v) is 4.54. The summed E-state index contributed by atoms with van der Waals surface area (Å²) in [4.78, 5) is 26.7. The maximum Gasteiger partial charge on any atom is 0.307 e. The Morgan fingerprint density at radius 2 is 1.84 bits per heavy atom. The van der Waals surface area contributed by atoms with E-state index in [1.165, 1.54) is 37.6 Å². The van der Waals surface area contributed by atoms with Gasteiger partial charge in [0.2, 0.25) is 5.88 Å². The maximum absolute atomic E-state index is 12.6. The molecule has 224 valence electrons. The molecule has 0 saturated carbocycles. The molecule has 3 heterocycles. The van der Waals surface area contributed by atoms with Gasteiger partial charge in [0.05, 0.1) is 23.3 Å². The number of aromatic nitrogens is 2. The summed E-state index contributed by atoms with van der Waals surface area (Å²) in [5.74, 6) is 1.13. The average molecular weight is 616 g/mol. The third-order valence-corrected chi connectivity index (χ3v) is 6.68. The smallest absolute Gasteiger partial charge is 0.307 e. The largest absolute Gasteiger partial charge is 0.493 e. The van der Waals surface area contributed by atoms with Gasteiger partial charge in [0.1, 0.15) is 24.3 Å².